The molecule has 1 unspecified atom stereocenters. The zero-order chi connectivity index (χ0) is 13.1. The smallest absolute Gasteiger partial charge is 0.159 e. The fraction of sp³-hybridized carbons (Fsp3) is 0.286. The molecular weight excluding hydrogens is 226 g/mol. The number of nitrogens with zero attached hydrogens (tertiary/aromatic N) is 2. The van der Waals surface area contributed by atoms with Gasteiger partial charge in [0, 0.05) is 29.1 Å². The predicted octanol–water partition coefficient (Wildman–Crippen LogP) is 2.44. The maximum absolute atomic E-state index is 9.46. The van der Waals surface area contributed by atoms with E-state index >= 15 is 0 Å². The second-order valence-electron chi connectivity index (χ2n) is 4.30. The van der Waals surface area contributed by atoms with E-state index in [2.05, 4.69) is 22.2 Å². The van der Waals surface area contributed by atoms with Gasteiger partial charge in [-0.05, 0) is 33.0 Å². The van der Waals surface area contributed by atoms with Crippen LogP contribution in [-0.4, -0.2) is 22.1 Å². The Balaban J connectivity index is 2.40. The third kappa shape index (κ3) is 2.49. The molecule has 0 saturated carbocycles. The maximum Gasteiger partial charge on any atom is 0.159 e. The first-order valence-corrected chi connectivity index (χ1v) is 5.92. The zero-order valence-electron chi connectivity index (χ0n) is 10.8. The van der Waals surface area contributed by atoms with Crippen molar-refractivity contribution in [3.05, 3.63) is 41.7 Å². The van der Waals surface area contributed by atoms with Crippen molar-refractivity contribution in [2.75, 3.05) is 7.05 Å². The largest absolute Gasteiger partial charge is 0.508 e. The zero-order valence-corrected chi connectivity index (χ0v) is 10.8. The number of aromatic hydroxyl groups is 1. The highest BCUT2D eigenvalue weighted by molar-refractivity contribution is 5.57. The van der Waals surface area contributed by atoms with E-state index in [1.807, 2.05) is 26.2 Å². The molecule has 2 aromatic rings. The number of aromatic nitrogens is 2. The van der Waals surface area contributed by atoms with Gasteiger partial charge in [-0.2, -0.15) is 0 Å². The molecule has 2 rings (SSSR count). The molecule has 4 nitrogen and oxygen atoms in total. The lowest BCUT2D eigenvalue weighted by atomic mass is 10.1. The second-order valence-corrected chi connectivity index (χ2v) is 4.30. The summed E-state index contributed by atoms with van der Waals surface area (Å²) in [5, 5.41) is 12.6. The van der Waals surface area contributed by atoms with Gasteiger partial charge in [-0.25, -0.2) is 9.97 Å². The molecule has 0 saturated heterocycles. The van der Waals surface area contributed by atoms with Gasteiger partial charge in [0.2, 0.25) is 0 Å². The van der Waals surface area contributed by atoms with Crippen molar-refractivity contribution in [1.29, 1.82) is 0 Å². The van der Waals surface area contributed by atoms with Gasteiger partial charge < -0.3 is 10.4 Å². The van der Waals surface area contributed by atoms with Gasteiger partial charge in [0.05, 0.1) is 0 Å². The molecule has 0 aliphatic rings. The summed E-state index contributed by atoms with van der Waals surface area (Å²) < 4.78 is 0. The summed E-state index contributed by atoms with van der Waals surface area (Å²) in [5.74, 6) is 0.858. The Morgan fingerprint density at radius 3 is 2.72 bits per heavy atom. The van der Waals surface area contributed by atoms with Crippen LogP contribution < -0.4 is 5.32 Å². The molecule has 1 aromatic heterocycles. The van der Waals surface area contributed by atoms with Crippen LogP contribution in [0.4, 0.5) is 0 Å². The molecule has 0 bridgehead atoms. The Kier molecular flexibility index (Phi) is 3.58. The van der Waals surface area contributed by atoms with Crippen LogP contribution in [0.25, 0.3) is 11.4 Å². The van der Waals surface area contributed by atoms with Crippen LogP contribution in [0, 0.1) is 6.92 Å². The summed E-state index contributed by atoms with van der Waals surface area (Å²) in [4.78, 5) is 8.85. The fourth-order valence-corrected chi connectivity index (χ4v) is 1.84. The molecule has 2 N–H and O–H groups in total. The van der Waals surface area contributed by atoms with E-state index < -0.39 is 0 Å². The third-order valence-electron chi connectivity index (χ3n) is 3.02. The minimum Gasteiger partial charge on any atom is -0.508 e. The van der Waals surface area contributed by atoms with Crippen LogP contribution in [0.15, 0.2) is 30.5 Å². The highest BCUT2D eigenvalue weighted by Gasteiger charge is 2.10. The summed E-state index contributed by atoms with van der Waals surface area (Å²) in [6, 6.07) is 7.19. The van der Waals surface area contributed by atoms with E-state index in [-0.39, 0.29) is 11.8 Å². The van der Waals surface area contributed by atoms with E-state index in [1.165, 1.54) is 0 Å². The predicted molar refractivity (Wildman–Crippen MR) is 71.3 cm³/mol. The minimum absolute atomic E-state index is 0.224. The Bertz CT molecular complexity index is 554. The third-order valence-corrected chi connectivity index (χ3v) is 3.02. The van der Waals surface area contributed by atoms with Crippen molar-refractivity contribution in [3.63, 3.8) is 0 Å². The number of phenols is 1. The lowest BCUT2D eigenvalue weighted by molar-refractivity contribution is 0.475. The average molecular weight is 243 g/mol. The van der Waals surface area contributed by atoms with Crippen molar-refractivity contribution >= 4 is 0 Å². The molecule has 0 aliphatic carbocycles. The van der Waals surface area contributed by atoms with E-state index in [4.69, 9.17) is 0 Å². The normalized spacial score (nSPS) is 12.4. The molecule has 0 aliphatic heterocycles. The molecule has 94 valence electrons. The van der Waals surface area contributed by atoms with Crippen LogP contribution >= 0.6 is 0 Å². The second kappa shape index (κ2) is 5.14. The summed E-state index contributed by atoms with van der Waals surface area (Å²) in [6.07, 6.45) is 1.84. The molecule has 0 radical (unpaired) electrons. The number of benzene rings is 1. The molecule has 0 fully saturated rings. The van der Waals surface area contributed by atoms with E-state index in [0.717, 1.165) is 16.8 Å². The van der Waals surface area contributed by atoms with Crippen LogP contribution in [0.5, 0.6) is 5.75 Å². The standard InChI is InChI=1S/C14H17N3O/c1-9(15-3)13-8-16-14(17-10(13)2)11-5-4-6-12(18)7-11/h4-9,15,18H,1-3H3. The van der Waals surface area contributed by atoms with Gasteiger partial charge >= 0.3 is 0 Å². The molecular formula is C14H17N3O. The van der Waals surface area contributed by atoms with Crippen LogP contribution in [0.3, 0.4) is 0 Å². The van der Waals surface area contributed by atoms with Gasteiger partial charge in [0.25, 0.3) is 0 Å². The topological polar surface area (TPSA) is 58.0 Å². The van der Waals surface area contributed by atoms with Crippen molar-refractivity contribution in [2.45, 2.75) is 19.9 Å². The van der Waals surface area contributed by atoms with Crippen LogP contribution in [0.1, 0.15) is 24.2 Å². The number of hydrogen-bond acceptors (Lipinski definition) is 4. The van der Waals surface area contributed by atoms with Crippen molar-refractivity contribution in [2.24, 2.45) is 0 Å². The number of nitrogens with one attached hydrogen (secondary N) is 1. The van der Waals surface area contributed by atoms with Gasteiger partial charge in [0.15, 0.2) is 5.82 Å². The summed E-state index contributed by atoms with van der Waals surface area (Å²) in [6.45, 7) is 4.04. The Hall–Kier alpha value is -1.94. The first-order chi connectivity index (χ1) is 8.61. The Morgan fingerprint density at radius 2 is 2.11 bits per heavy atom. The molecule has 0 spiro atoms. The fourth-order valence-electron chi connectivity index (χ4n) is 1.84. The quantitative estimate of drug-likeness (QED) is 0.869. The van der Waals surface area contributed by atoms with Crippen molar-refractivity contribution < 1.29 is 5.11 Å². The highest BCUT2D eigenvalue weighted by Crippen LogP contribution is 2.22. The summed E-state index contributed by atoms with van der Waals surface area (Å²) >= 11 is 0. The Morgan fingerprint density at radius 1 is 1.33 bits per heavy atom. The molecule has 4 heteroatoms. The molecule has 0 amide bonds. The SMILES string of the molecule is CNC(C)c1cnc(-c2cccc(O)c2)nc1C. The van der Waals surface area contributed by atoms with Crippen molar-refractivity contribution in [1.82, 2.24) is 15.3 Å². The first-order valence-electron chi connectivity index (χ1n) is 5.92. The van der Waals surface area contributed by atoms with Gasteiger partial charge in [0.1, 0.15) is 5.75 Å². The van der Waals surface area contributed by atoms with Crippen LogP contribution in [0.2, 0.25) is 0 Å². The molecule has 1 atom stereocenters. The molecule has 1 aromatic carbocycles. The molecule has 18 heavy (non-hydrogen) atoms. The van der Waals surface area contributed by atoms with Crippen LogP contribution in [-0.2, 0) is 0 Å². The number of rotatable bonds is 3. The number of aryl methyl sites for hydroxylation is 1. The lowest BCUT2D eigenvalue weighted by Gasteiger charge is -2.13. The van der Waals surface area contributed by atoms with Gasteiger partial charge in [-0.1, -0.05) is 12.1 Å². The number of phenolic OH excluding ortho intramolecular Hbond substituents is 1. The van der Waals surface area contributed by atoms with Gasteiger partial charge in [-0.15, -0.1) is 0 Å². The lowest BCUT2D eigenvalue weighted by Crippen LogP contribution is -2.14. The highest BCUT2D eigenvalue weighted by atomic mass is 16.3. The maximum atomic E-state index is 9.46. The monoisotopic (exact) mass is 243 g/mol. The van der Waals surface area contributed by atoms with Gasteiger partial charge in [-0.3, -0.25) is 0 Å². The molecule has 1 heterocycles. The van der Waals surface area contributed by atoms with E-state index in [1.54, 1.807) is 18.2 Å². The average Bonchev–Trinajstić information content (AvgIpc) is 2.37. The minimum atomic E-state index is 0.224. The van der Waals surface area contributed by atoms with E-state index in [0.29, 0.717) is 5.82 Å². The summed E-state index contributed by atoms with van der Waals surface area (Å²) in [5.41, 5.74) is 2.85. The van der Waals surface area contributed by atoms with E-state index in [9.17, 15) is 5.11 Å². The Labute approximate surface area is 107 Å². The van der Waals surface area contributed by atoms with Crippen molar-refractivity contribution in [3.8, 4) is 17.1 Å². The first kappa shape index (κ1) is 12.5. The number of hydrogen-bond donors (Lipinski definition) is 2. The summed E-state index contributed by atoms with van der Waals surface area (Å²) in [7, 11) is 1.91.